The van der Waals surface area contributed by atoms with Gasteiger partial charge in [-0.3, -0.25) is 14.6 Å². The summed E-state index contributed by atoms with van der Waals surface area (Å²) in [4.78, 5) is 48.5. The summed E-state index contributed by atoms with van der Waals surface area (Å²) in [6.45, 7) is 5.63. The fraction of sp³-hybridized carbons (Fsp3) is 0.571. The van der Waals surface area contributed by atoms with E-state index < -0.39 is 53.7 Å². The van der Waals surface area contributed by atoms with E-state index in [1.165, 1.54) is 45.0 Å². The van der Waals surface area contributed by atoms with Crippen LogP contribution in [0.2, 0.25) is 0 Å². The molecule has 0 unspecified atom stereocenters. The number of aliphatic imine (C=N–C) groups is 1. The second-order valence-electron chi connectivity index (χ2n) is 8.25. The second kappa shape index (κ2) is 13.0. The van der Waals surface area contributed by atoms with E-state index in [0.717, 1.165) is 11.3 Å². The monoisotopic (exact) mass is 555 g/mol. The molecule has 2 heterocycles. The number of thiazole rings is 1. The number of nitrogens with one attached hydrogen (secondary N) is 2. The van der Waals surface area contributed by atoms with E-state index in [9.17, 15) is 29.7 Å². The van der Waals surface area contributed by atoms with Gasteiger partial charge in [0.15, 0.2) is 5.69 Å². The number of azide groups is 1. The van der Waals surface area contributed by atoms with Gasteiger partial charge in [-0.25, -0.2) is 9.78 Å². The molecular weight excluding hydrogens is 526 g/mol. The molecule has 0 fully saturated rings. The summed E-state index contributed by atoms with van der Waals surface area (Å²) < 4.78 is 4.65. The lowest BCUT2D eigenvalue weighted by atomic mass is 9.91. The minimum Gasteiger partial charge on any atom is -0.464 e. The summed E-state index contributed by atoms with van der Waals surface area (Å²) in [6.07, 6.45) is -0.956. The number of methoxy groups -OCH3 is 1. The summed E-state index contributed by atoms with van der Waals surface area (Å²) in [7, 11) is 1.20. The number of thioether (sulfide) groups is 1. The van der Waals surface area contributed by atoms with E-state index in [0.29, 0.717) is 5.04 Å². The summed E-state index contributed by atoms with van der Waals surface area (Å²) in [5.74, 6) is -1.81. The summed E-state index contributed by atoms with van der Waals surface area (Å²) in [6, 6.07) is -3.45. The first-order valence-corrected chi connectivity index (χ1v) is 12.9. The maximum absolute atomic E-state index is 13.1. The molecule has 1 aliphatic heterocycles. The van der Waals surface area contributed by atoms with E-state index in [1.807, 2.05) is 0 Å². The number of rotatable bonds is 11. The van der Waals surface area contributed by atoms with Crippen LogP contribution in [0.15, 0.2) is 27.3 Å². The fourth-order valence-electron chi connectivity index (χ4n) is 3.09. The lowest BCUT2D eigenvalue weighted by molar-refractivity contribution is -0.128. The van der Waals surface area contributed by atoms with Crippen molar-refractivity contribution in [2.45, 2.75) is 63.6 Å². The number of allylic oxidation sites excluding steroid dienone is 1. The molecule has 0 saturated carbocycles. The minimum atomic E-state index is -1.85. The summed E-state index contributed by atoms with van der Waals surface area (Å²) in [5, 5.41) is 41.3. The lowest BCUT2D eigenvalue weighted by Gasteiger charge is -2.34. The highest BCUT2D eigenvalue weighted by Crippen LogP contribution is 2.32. The van der Waals surface area contributed by atoms with E-state index in [-0.39, 0.29) is 22.2 Å². The molecule has 14 nitrogen and oxygen atoms in total. The molecule has 0 bridgehead atoms. The standard InChI is InChI=1S/C21H29N7O7S2/c1-6-11(23-17(32)14(9(2)29)27-28-22)18-24-12(7-36-18)16(31)26-15(21(4,34)10(3)30)19-25-13(8-37-19)20(33)35-5/h6,8-10,12,14-15,29-30,34H,7H2,1-5H3,(H,23,32)(H,26,31)/b11-6-/t9-,10-,12-,14+,15-,21-/m1/s1. The molecule has 0 saturated heterocycles. The maximum Gasteiger partial charge on any atom is 0.357 e. The molecule has 1 aromatic heterocycles. The third kappa shape index (κ3) is 7.28. The first kappa shape index (κ1) is 30.2. The molecule has 0 aliphatic carbocycles. The van der Waals surface area contributed by atoms with Crippen LogP contribution >= 0.6 is 23.1 Å². The zero-order chi connectivity index (χ0) is 27.9. The molecule has 2 rings (SSSR count). The highest BCUT2D eigenvalue weighted by atomic mass is 32.2. The van der Waals surface area contributed by atoms with Crippen LogP contribution < -0.4 is 10.6 Å². The van der Waals surface area contributed by atoms with Crippen LogP contribution in [0.3, 0.4) is 0 Å². The number of aliphatic hydroxyl groups is 3. The first-order valence-electron chi connectivity index (χ1n) is 11.0. The molecule has 202 valence electrons. The molecular formula is C21H29N7O7S2. The molecule has 0 spiro atoms. The normalized spacial score (nSPS) is 20.4. The van der Waals surface area contributed by atoms with E-state index in [4.69, 9.17) is 5.53 Å². The summed E-state index contributed by atoms with van der Waals surface area (Å²) >= 11 is 2.19. The number of aliphatic hydroxyl groups excluding tert-OH is 2. The van der Waals surface area contributed by atoms with Crippen LogP contribution in [0.1, 0.15) is 49.2 Å². The molecule has 1 aliphatic rings. The Labute approximate surface area is 220 Å². The van der Waals surface area contributed by atoms with Gasteiger partial charge in [0.05, 0.1) is 25.0 Å². The second-order valence-corrected chi connectivity index (χ2v) is 10.1. The molecule has 1 aromatic rings. The SMILES string of the molecule is C/C=C(\NC(=O)[C@@H](N=[N+]=[N-])[C@@H](C)O)C1=N[C@@H](C(=O)N[C@H](c2nc(C(=O)OC)cs2)[C@](C)(O)[C@@H](C)O)CS1. The minimum absolute atomic E-state index is 0.00966. The Kier molecular flexibility index (Phi) is 10.6. The summed E-state index contributed by atoms with van der Waals surface area (Å²) in [5.41, 5.74) is 7.05. The van der Waals surface area contributed by atoms with Gasteiger partial charge in [0, 0.05) is 16.0 Å². The van der Waals surface area contributed by atoms with Gasteiger partial charge in [-0.2, -0.15) is 0 Å². The average molecular weight is 556 g/mol. The topological polar surface area (TPSA) is 219 Å². The van der Waals surface area contributed by atoms with Crippen molar-refractivity contribution in [3.63, 3.8) is 0 Å². The van der Waals surface area contributed by atoms with E-state index in [2.05, 4.69) is 35.4 Å². The van der Waals surface area contributed by atoms with Crippen LogP contribution in [0.4, 0.5) is 0 Å². The van der Waals surface area contributed by atoms with Crippen molar-refractivity contribution in [2.75, 3.05) is 12.9 Å². The van der Waals surface area contributed by atoms with Crippen molar-refractivity contribution in [2.24, 2.45) is 10.1 Å². The van der Waals surface area contributed by atoms with Crippen LogP contribution in [0.5, 0.6) is 0 Å². The number of carbonyl (C=O) groups excluding carboxylic acids is 3. The zero-order valence-corrected chi connectivity index (χ0v) is 22.4. The lowest BCUT2D eigenvalue weighted by Crippen LogP contribution is -2.52. The number of aromatic nitrogens is 1. The maximum atomic E-state index is 13.1. The number of carbonyl (C=O) groups is 3. The molecule has 37 heavy (non-hydrogen) atoms. The molecule has 6 atom stereocenters. The third-order valence-electron chi connectivity index (χ3n) is 5.51. The predicted molar refractivity (Wildman–Crippen MR) is 137 cm³/mol. The Hall–Kier alpha value is -3.01. The molecule has 16 heteroatoms. The van der Waals surface area contributed by atoms with Crippen molar-refractivity contribution >= 4 is 45.9 Å². The largest absolute Gasteiger partial charge is 0.464 e. The highest BCUT2D eigenvalue weighted by Gasteiger charge is 2.42. The number of esters is 1. The van der Waals surface area contributed by atoms with Gasteiger partial charge < -0.3 is 30.7 Å². The Balaban J connectivity index is 2.25. The molecule has 2 amide bonds. The van der Waals surface area contributed by atoms with Crippen LogP contribution in [0.25, 0.3) is 10.4 Å². The number of nitrogens with zero attached hydrogens (tertiary/aromatic N) is 5. The smallest absolute Gasteiger partial charge is 0.357 e. The number of hydrogen-bond donors (Lipinski definition) is 5. The van der Waals surface area contributed by atoms with Crippen molar-refractivity contribution in [1.82, 2.24) is 15.6 Å². The first-order chi connectivity index (χ1) is 17.4. The van der Waals surface area contributed by atoms with Crippen LogP contribution in [-0.4, -0.2) is 85.9 Å². The van der Waals surface area contributed by atoms with Gasteiger partial charge in [-0.1, -0.05) is 11.2 Å². The quantitative estimate of drug-likeness (QED) is 0.113. The zero-order valence-electron chi connectivity index (χ0n) is 20.8. The number of amides is 2. The Morgan fingerprint density at radius 3 is 2.59 bits per heavy atom. The molecule has 5 N–H and O–H groups in total. The van der Waals surface area contributed by atoms with Gasteiger partial charge in [0.1, 0.15) is 33.8 Å². The van der Waals surface area contributed by atoms with Crippen LogP contribution in [-0.2, 0) is 14.3 Å². The van der Waals surface area contributed by atoms with Gasteiger partial charge in [0.25, 0.3) is 0 Å². The Morgan fingerprint density at radius 1 is 1.38 bits per heavy atom. The highest BCUT2D eigenvalue weighted by molar-refractivity contribution is 8.14. The molecule has 0 aromatic carbocycles. The van der Waals surface area contributed by atoms with Crippen molar-refractivity contribution < 1.29 is 34.4 Å². The number of hydrogen-bond acceptors (Lipinski definition) is 12. The fourth-order valence-corrected chi connectivity index (χ4v) is 5.12. The predicted octanol–water partition coefficient (Wildman–Crippen LogP) is 0.812. The van der Waals surface area contributed by atoms with Crippen molar-refractivity contribution in [1.29, 1.82) is 0 Å². The van der Waals surface area contributed by atoms with Gasteiger partial charge in [0.2, 0.25) is 11.8 Å². The third-order valence-corrected chi connectivity index (χ3v) is 7.50. The van der Waals surface area contributed by atoms with Crippen molar-refractivity contribution in [3.8, 4) is 0 Å². The Bertz CT molecular complexity index is 1130. The van der Waals surface area contributed by atoms with Gasteiger partial charge >= 0.3 is 5.97 Å². The molecule has 0 radical (unpaired) electrons. The Morgan fingerprint density at radius 2 is 2.05 bits per heavy atom. The average Bonchev–Trinajstić information content (AvgIpc) is 3.53. The van der Waals surface area contributed by atoms with Gasteiger partial charge in [-0.15, -0.1) is 23.1 Å². The number of ether oxygens (including phenoxy) is 1. The van der Waals surface area contributed by atoms with Crippen molar-refractivity contribution in [3.05, 3.63) is 38.3 Å². The van der Waals surface area contributed by atoms with E-state index in [1.54, 1.807) is 13.0 Å². The van der Waals surface area contributed by atoms with Gasteiger partial charge in [-0.05, 0) is 33.2 Å². The van der Waals surface area contributed by atoms with Crippen LogP contribution in [0, 0.1) is 0 Å². The van der Waals surface area contributed by atoms with E-state index >= 15 is 0 Å².